The Morgan fingerprint density at radius 1 is 1.26 bits per heavy atom. The maximum atomic E-state index is 13.7. The van der Waals surface area contributed by atoms with Crippen LogP contribution < -0.4 is 5.73 Å². The molecular weight excluding hydrogens is 255 g/mol. The highest BCUT2D eigenvalue weighted by Gasteiger charge is 2.18. The molecule has 0 atom stereocenters. The second kappa shape index (κ2) is 4.79. The minimum absolute atomic E-state index is 0.0933. The van der Waals surface area contributed by atoms with E-state index in [0.717, 1.165) is 6.07 Å². The summed E-state index contributed by atoms with van der Waals surface area (Å²) >= 11 is 0. The Morgan fingerprint density at radius 3 is 2.53 bits per heavy atom. The van der Waals surface area contributed by atoms with Crippen LogP contribution in [0.2, 0.25) is 0 Å². The summed E-state index contributed by atoms with van der Waals surface area (Å²) in [7, 11) is 0. The molecule has 0 aliphatic carbocycles. The summed E-state index contributed by atoms with van der Waals surface area (Å²) in [6.45, 7) is 5.66. The number of aryl methyl sites for hydroxylation is 1. The molecule has 1 heterocycles. The van der Waals surface area contributed by atoms with Gasteiger partial charge in [-0.15, -0.1) is 6.58 Å². The van der Waals surface area contributed by atoms with E-state index in [1.54, 1.807) is 17.6 Å². The Hall–Kier alpha value is -2.24. The number of imidazole rings is 1. The molecule has 2 rings (SSSR count). The van der Waals surface area contributed by atoms with Crippen molar-refractivity contribution >= 4 is 5.82 Å². The highest BCUT2D eigenvalue weighted by molar-refractivity contribution is 5.71. The molecule has 0 amide bonds. The lowest BCUT2D eigenvalue weighted by Crippen LogP contribution is -2.03. The number of hydrogen-bond donors (Lipinski definition) is 1. The second-order valence-electron chi connectivity index (χ2n) is 4.04. The summed E-state index contributed by atoms with van der Waals surface area (Å²) in [5.41, 5.74) is 5.78. The molecule has 0 spiro atoms. The van der Waals surface area contributed by atoms with Crippen LogP contribution in [0.4, 0.5) is 19.0 Å². The normalized spacial score (nSPS) is 10.7. The summed E-state index contributed by atoms with van der Waals surface area (Å²) in [6, 6.07) is 1.23. The van der Waals surface area contributed by atoms with Crippen LogP contribution in [0.5, 0.6) is 0 Å². The number of nitrogens with two attached hydrogens (primary N) is 1. The first-order valence-electron chi connectivity index (χ1n) is 5.54. The molecule has 2 N–H and O–H groups in total. The summed E-state index contributed by atoms with van der Waals surface area (Å²) in [5.74, 6) is -2.58. The summed E-state index contributed by atoms with van der Waals surface area (Å²) in [6.07, 6.45) is 1.61. The summed E-state index contributed by atoms with van der Waals surface area (Å²) in [5, 5.41) is 0. The van der Waals surface area contributed by atoms with Gasteiger partial charge in [0.05, 0.1) is 0 Å². The van der Waals surface area contributed by atoms with E-state index in [1.807, 2.05) is 0 Å². The first-order valence-corrected chi connectivity index (χ1v) is 5.54. The zero-order valence-electron chi connectivity index (χ0n) is 10.3. The Bertz CT molecular complexity index is 647. The fraction of sp³-hybridized carbons (Fsp3) is 0.154. The first kappa shape index (κ1) is 13.2. The fourth-order valence-corrected chi connectivity index (χ4v) is 1.84. The second-order valence-corrected chi connectivity index (χ2v) is 4.04. The van der Waals surface area contributed by atoms with Crippen molar-refractivity contribution < 1.29 is 13.2 Å². The van der Waals surface area contributed by atoms with Crippen LogP contribution in [-0.4, -0.2) is 9.55 Å². The van der Waals surface area contributed by atoms with Gasteiger partial charge in [0, 0.05) is 18.2 Å². The molecule has 0 aliphatic heterocycles. The Morgan fingerprint density at radius 2 is 1.89 bits per heavy atom. The van der Waals surface area contributed by atoms with E-state index in [0.29, 0.717) is 18.4 Å². The molecule has 0 radical (unpaired) electrons. The van der Waals surface area contributed by atoms with E-state index >= 15 is 0 Å². The number of nitrogens with zero attached hydrogens (tertiary/aromatic N) is 2. The molecule has 1 aromatic heterocycles. The lowest BCUT2D eigenvalue weighted by molar-refractivity contribution is 0.496. The standard InChI is InChI=1S/C13H12F3N3/c1-3-4-19-7(2)18-12(13(19)17)8-5-10(15)11(16)6-9(8)14/h3,5-6H,1,4,17H2,2H3. The van der Waals surface area contributed by atoms with Gasteiger partial charge in [0.1, 0.15) is 23.2 Å². The minimum Gasteiger partial charge on any atom is -0.383 e. The Kier molecular flexibility index (Phi) is 3.33. The van der Waals surface area contributed by atoms with E-state index in [2.05, 4.69) is 11.6 Å². The number of aromatic nitrogens is 2. The number of benzene rings is 1. The predicted molar refractivity (Wildman–Crippen MR) is 66.9 cm³/mol. The average Bonchev–Trinajstić information content (AvgIpc) is 2.62. The number of nitrogen functional groups attached to an aromatic ring is 1. The van der Waals surface area contributed by atoms with E-state index < -0.39 is 17.5 Å². The lowest BCUT2D eigenvalue weighted by atomic mass is 10.1. The van der Waals surface area contributed by atoms with Crippen LogP contribution in [0.3, 0.4) is 0 Å². The number of rotatable bonds is 3. The predicted octanol–water partition coefficient (Wildman–Crippen LogP) is 3.04. The number of anilines is 1. The molecule has 0 fully saturated rings. The van der Waals surface area contributed by atoms with Gasteiger partial charge in [-0.05, 0) is 13.0 Å². The molecule has 6 heteroatoms. The fourth-order valence-electron chi connectivity index (χ4n) is 1.84. The van der Waals surface area contributed by atoms with Crippen molar-refractivity contribution in [2.24, 2.45) is 0 Å². The van der Waals surface area contributed by atoms with E-state index in [1.165, 1.54) is 0 Å². The van der Waals surface area contributed by atoms with Crippen LogP contribution in [0.25, 0.3) is 11.3 Å². The van der Waals surface area contributed by atoms with Gasteiger partial charge >= 0.3 is 0 Å². The topological polar surface area (TPSA) is 43.8 Å². The van der Waals surface area contributed by atoms with E-state index in [-0.39, 0.29) is 17.1 Å². The van der Waals surface area contributed by atoms with Gasteiger partial charge in [0.25, 0.3) is 0 Å². The molecule has 100 valence electrons. The van der Waals surface area contributed by atoms with Crippen LogP contribution in [0.15, 0.2) is 24.8 Å². The SMILES string of the molecule is C=CCn1c(C)nc(-c2cc(F)c(F)cc2F)c1N. The lowest BCUT2D eigenvalue weighted by Gasteiger charge is -2.05. The Labute approximate surface area is 108 Å². The van der Waals surface area contributed by atoms with E-state index in [9.17, 15) is 13.2 Å². The van der Waals surface area contributed by atoms with Crippen LogP contribution in [-0.2, 0) is 6.54 Å². The minimum atomic E-state index is -1.25. The summed E-state index contributed by atoms with van der Waals surface area (Å²) < 4.78 is 41.4. The zero-order valence-corrected chi connectivity index (χ0v) is 10.3. The van der Waals surface area contributed by atoms with Gasteiger partial charge in [0.15, 0.2) is 11.6 Å². The Balaban J connectivity index is 2.63. The van der Waals surface area contributed by atoms with Gasteiger partial charge in [0.2, 0.25) is 0 Å². The molecule has 0 saturated carbocycles. The smallest absolute Gasteiger partial charge is 0.161 e. The molecule has 2 aromatic rings. The van der Waals surface area contributed by atoms with Gasteiger partial charge in [-0.25, -0.2) is 18.2 Å². The van der Waals surface area contributed by atoms with Gasteiger partial charge < -0.3 is 10.3 Å². The maximum absolute atomic E-state index is 13.7. The molecule has 19 heavy (non-hydrogen) atoms. The van der Waals surface area contributed by atoms with Crippen molar-refractivity contribution in [3.63, 3.8) is 0 Å². The van der Waals surface area contributed by atoms with Crippen molar-refractivity contribution in [1.82, 2.24) is 9.55 Å². The monoisotopic (exact) mass is 267 g/mol. The quantitative estimate of drug-likeness (QED) is 0.686. The molecule has 3 nitrogen and oxygen atoms in total. The van der Waals surface area contributed by atoms with Crippen LogP contribution in [0, 0.1) is 24.4 Å². The third-order valence-electron chi connectivity index (χ3n) is 2.77. The molecule has 0 unspecified atom stereocenters. The van der Waals surface area contributed by atoms with Gasteiger partial charge in [-0.2, -0.15) is 0 Å². The van der Waals surface area contributed by atoms with Crippen molar-refractivity contribution in [2.75, 3.05) is 5.73 Å². The van der Waals surface area contributed by atoms with Crippen LogP contribution >= 0.6 is 0 Å². The average molecular weight is 267 g/mol. The van der Waals surface area contributed by atoms with Crippen molar-refractivity contribution in [3.8, 4) is 11.3 Å². The number of halogens is 3. The molecule has 0 aliphatic rings. The van der Waals surface area contributed by atoms with Crippen molar-refractivity contribution in [2.45, 2.75) is 13.5 Å². The number of allylic oxidation sites excluding steroid dienone is 1. The zero-order chi connectivity index (χ0) is 14.2. The molecule has 0 saturated heterocycles. The number of hydrogen-bond acceptors (Lipinski definition) is 2. The largest absolute Gasteiger partial charge is 0.383 e. The summed E-state index contributed by atoms with van der Waals surface area (Å²) in [4.78, 5) is 4.09. The highest BCUT2D eigenvalue weighted by atomic mass is 19.2. The third kappa shape index (κ3) is 2.21. The van der Waals surface area contributed by atoms with Crippen LogP contribution in [0.1, 0.15) is 5.82 Å². The molecular formula is C13H12F3N3. The highest BCUT2D eigenvalue weighted by Crippen LogP contribution is 2.29. The van der Waals surface area contributed by atoms with E-state index in [4.69, 9.17) is 5.73 Å². The molecule has 0 bridgehead atoms. The van der Waals surface area contributed by atoms with Gasteiger partial charge in [-0.3, -0.25) is 0 Å². The maximum Gasteiger partial charge on any atom is 0.161 e. The third-order valence-corrected chi connectivity index (χ3v) is 2.77. The first-order chi connectivity index (χ1) is 8.95. The van der Waals surface area contributed by atoms with Crippen molar-refractivity contribution in [3.05, 3.63) is 48.1 Å². The van der Waals surface area contributed by atoms with Crippen molar-refractivity contribution in [1.29, 1.82) is 0 Å². The molecule has 1 aromatic carbocycles. The van der Waals surface area contributed by atoms with Gasteiger partial charge in [-0.1, -0.05) is 6.08 Å².